The molecule has 86 valence electrons. The molecule has 1 unspecified atom stereocenters. The van der Waals surface area contributed by atoms with Gasteiger partial charge < -0.3 is 5.32 Å². The van der Waals surface area contributed by atoms with Crippen molar-refractivity contribution in [3.8, 4) is 0 Å². The monoisotopic (exact) mass is 227 g/mol. The third-order valence-corrected chi connectivity index (χ3v) is 3.28. The van der Waals surface area contributed by atoms with Crippen LogP contribution in [0, 0.1) is 12.8 Å². The Bertz CT molecular complexity index is 283. The van der Waals surface area contributed by atoms with Gasteiger partial charge in [0.2, 0.25) is 0 Å². The maximum atomic E-state index is 4.17. The Morgan fingerprint density at radius 1 is 1.33 bits per heavy atom. The molecule has 0 aliphatic carbocycles. The maximum absolute atomic E-state index is 4.17. The molecule has 1 aromatic rings. The Hall–Kier alpha value is -0.480. The molecule has 1 N–H and O–H groups in total. The summed E-state index contributed by atoms with van der Waals surface area (Å²) in [6.45, 7) is 9.79. The van der Waals surface area contributed by atoms with Crippen LogP contribution < -0.4 is 5.32 Å². The fourth-order valence-corrected chi connectivity index (χ4v) is 2.25. The molecule has 3 nitrogen and oxygen atoms in total. The molecule has 1 rings (SSSR count). The van der Waals surface area contributed by atoms with Gasteiger partial charge in [0.1, 0.15) is 10.0 Å². The summed E-state index contributed by atoms with van der Waals surface area (Å²) in [5, 5.41) is 14.0. The van der Waals surface area contributed by atoms with Gasteiger partial charge in [-0.1, -0.05) is 20.8 Å². The Morgan fingerprint density at radius 2 is 2.07 bits per heavy atom. The molecule has 0 radical (unpaired) electrons. The highest BCUT2D eigenvalue weighted by Crippen LogP contribution is 2.14. The predicted octanol–water partition coefficient (Wildman–Crippen LogP) is 2.41. The maximum Gasteiger partial charge on any atom is 0.119 e. The van der Waals surface area contributed by atoms with E-state index in [1.165, 1.54) is 6.42 Å². The molecular formula is C11H21N3S. The third kappa shape index (κ3) is 4.26. The molecule has 0 saturated carbocycles. The molecule has 0 aliphatic rings. The zero-order chi connectivity index (χ0) is 11.3. The van der Waals surface area contributed by atoms with Crippen molar-refractivity contribution in [3.63, 3.8) is 0 Å². The van der Waals surface area contributed by atoms with Crippen LogP contribution in [0.3, 0.4) is 0 Å². The molecule has 4 heteroatoms. The average Bonchev–Trinajstić information content (AvgIpc) is 2.58. The normalized spacial score (nSPS) is 13.4. The van der Waals surface area contributed by atoms with Gasteiger partial charge in [-0.2, -0.15) is 0 Å². The van der Waals surface area contributed by atoms with Gasteiger partial charge in [0.25, 0.3) is 0 Å². The van der Waals surface area contributed by atoms with E-state index in [1.807, 2.05) is 6.92 Å². The molecule has 0 amide bonds. The lowest BCUT2D eigenvalue weighted by Crippen LogP contribution is -2.36. The minimum absolute atomic E-state index is 0.525. The van der Waals surface area contributed by atoms with Crippen LogP contribution in [0.5, 0.6) is 0 Å². The van der Waals surface area contributed by atoms with Crippen LogP contribution in [0.2, 0.25) is 0 Å². The fraction of sp³-hybridized carbons (Fsp3) is 0.818. The summed E-state index contributed by atoms with van der Waals surface area (Å²) in [6, 6.07) is 0.525. The number of hydrogen-bond donors (Lipinski definition) is 1. The van der Waals surface area contributed by atoms with Crippen LogP contribution in [0.4, 0.5) is 0 Å². The number of aryl methyl sites for hydroxylation is 1. The summed E-state index contributed by atoms with van der Waals surface area (Å²) in [5.41, 5.74) is 0. The van der Waals surface area contributed by atoms with Gasteiger partial charge in [-0.3, -0.25) is 0 Å². The zero-order valence-electron chi connectivity index (χ0n) is 10.1. The molecule has 1 atom stereocenters. The zero-order valence-corrected chi connectivity index (χ0v) is 10.9. The highest BCUT2D eigenvalue weighted by molar-refractivity contribution is 7.11. The smallest absolute Gasteiger partial charge is 0.119 e. The number of aromatic nitrogens is 2. The Morgan fingerprint density at radius 3 is 2.53 bits per heavy atom. The van der Waals surface area contributed by atoms with E-state index in [2.05, 4.69) is 36.3 Å². The summed E-state index contributed by atoms with van der Waals surface area (Å²) in [4.78, 5) is 0. The van der Waals surface area contributed by atoms with E-state index in [0.29, 0.717) is 12.0 Å². The fourth-order valence-electron chi connectivity index (χ4n) is 1.48. The van der Waals surface area contributed by atoms with Gasteiger partial charge in [0.05, 0.1) is 0 Å². The summed E-state index contributed by atoms with van der Waals surface area (Å²) in [6.07, 6.45) is 2.18. The topological polar surface area (TPSA) is 37.8 Å². The van der Waals surface area contributed by atoms with Crippen molar-refractivity contribution in [1.29, 1.82) is 0 Å². The number of rotatable bonds is 6. The first-order chi connectivity index (χ1) is 7.13. The summed E-state index contributed by atoms with van der Waals surface area (Å²) in [7, 11) is 0. The molecule has 0 aromatic carbocycles. The first-order valence-electron chi connectivity index (χ1n) is 5.65. The quantitative estimate of drug-likeness (QED) is 0.811. The molecule has 1 aromatic heterocycles. The van der Waals surface area contributed by atoms with Crippen molar-refractivity contribution in [1.82, 2.24) is 15.5 Å². The first kappa shape index (κ1) is 12.6. The molecule has 0 fully saturated rings. The van der Waals surface area contributed by atoms with E-state index in [1.54, 1.807) is 11.3 Å². The Kier molecular flexibility index (Phi) is 5.19. The molecule has 0 aliphatic heterocycles. The van der Waals surface area contributed by atoms with Gasteiger partial charge in [0.15, 0.2) is 0 Å². The van der Waals surface area contributed by atoms with Crippen LogP contribution >= 0.6 is 11.3 Å². The molecule has 0 saturated heterocycles. The van der Waals surface area contributed by atoms with Crippen LogP contribution in [0.1, 0.15) is 37.2 Å². The van der Waals surface area contributed by atoms with E-state index in [4.69, 9.17) is 0 Å². The lowest BCUT2D eigenvalue weighted by atomic mass is 10.0. The lowest BCUT2D eigenvalue weighted by molar-refractivity contribution is 0.396. The standard InChI is InChI=1S/C11H21N3S/c1-5-6-12-10(8(2)3)7-11-14-13-9(4)15-11/h8,10,12H,5-7H2,1-4H3. The lowest BCUT2D eigenvalue weighted by Gasteiger charge is -2.20. The average molecular weight is 227 g/mol. The Labute approximate surface area is 96.3 Å². The molecule has 0 bridgehead atoms. The predicted molar refractivity (Wildman–Crippen MR) is 65.3 cm³/mol. The van der Waals surface area contributed by atoms with Crippen molar-refractivity contribution >= 4 is 11.3 Å². The van der Waals surface area contributed by atoms with Crippen LogP contribution in [0.15, 0.2) is 0 Å². The second-order valence-corrected chi connectivity index (χ2v) is 5.49. The van der Waals surface area contributed by atoms with Crippen molar-refractivity contribution in [3.05, 3.63) is 10.0 Å². The van der Waals surface area contributed by atoms with Crippen molar-refractivity contribution < 1.29 is 0 Å². The minimum atomic E-state index is 0.525. The van der Waals surface area contributed by atoms with E-state index in [-0.39, 0.29) is 0 Å². The number of hydrogen-bond acceptors (Lipinski definition) is 4. The number of nitrogens with one attached hydrogen (secondary N) is 1. The van der Waals surface area contributed by atoms with E-state index in [9.17, 15) is 0 Å². The second kappa shape index (κ2) is 6.18. The van der Waals surface area contributed by atoms with E-state index < -0.39 is 0 Å². The summed E-state index contributed by atoms with van der Waals surface area (Å²) in [5.74, 6) is 0.640. The van der Waals surface area contributed by atoms with Gasteiger partial charge >= 0.3 is 0 Å². The minimum Gasteiger partial charge on any atom is -0.313 e. The van der Waals surface area contributed by atoms with Gasteiger partial charge in [-0.15, -0.1) is 21.5 Å². The largest absolute Gasteiger partial charge is 0.313 e. The van der Waals surface area contributed by atoms with Gasteiger partial charge in [0, 0.05) is 12.5 Å². The van der Waals surface area contributed by atoms with E-state index in [0.717, 1.165) is 23.0 Å². The molecular weight excluding hydrogens is 206 g/mol. The van der Waals surface area contributed by atoms with Gasteiger partial charge in [-0.05, 0) is 25.8 Å². The summed E-state index contributed by atoms with van der Waals surface area (Å²) < 4.78 is 0. The third-order valence-electron chi connectivity index (χ3n) is 2.42. The SMILES string of the molecule is CCCNC(Cc1nnc(C)s1)C(C)C. The van der Waals surface area contributed by atoms with Crippen LogP contribution in [-0.4, -0.2) is 22.8 Å². The first-order valence-corrected chi connectivity index (χ1v) is 6.47. The summed E-state index contributed by atoms with van der Waals surface area (Å²) >= 11 is 1.70. The van der Waals surface area contributed by atoms with Crippen molar-refractivity contribution in [2.45, 2.75) is 46.6 Å². The van der Waals surface area contributed by atoms with Crippen LogP contribution in [-0.2, 0) is 6.42 Å². The molecule has 1 heterocycles. The highest BCUT2D eigenvalue weighted by Gasteiger charge is 2.15. The van der Waals surface area contributed by atoms with E-state index >= 15 is 0 Å². The van der Waals surface area contributed by atoms with Crippen molar-refractivity contribution in [2.24, 2.45) is 5.92 Å². The van der Waals surface area contributed by atoms with Crippen LogP contribution in [0.25, 0.3) is 0 Å². The second-order valence-electron chi connectivity index (χ2n) is 4.22. The Balaban J connectivity index is 2.50. The van der Waals surface area contributed by atoms with Gasteiger partial charge in [-0.25, -0.2) is 0 Å². The molecule has 15 heavy (non-hydrogen) atoms. The number of nitrogens with zero attached hydrogens (tertiary/aromatic N) is 2. The molecule has 0 spiro atoms. The highest BCUT2D eigenvalue weighted by atomic mass is 32.1. The van der Waals surface area contributed by atoms with Crippen molar-refractivity contribution in [2.75, 3.05) is 6.54 Å².